The van der Waals surface area contributed by atoms with Crippen LogP contribution in [-0.4, -0.2) is 0 Å². The van der Waals surface area contributed by atoms with Gasteiger partial charge in [-0.05, 0) is 34.6 Å². The molecule has 0 aliphatic heterocycles. The fourth-order valence-electron chi connectivity index (χ4n) is 3.46. The van der Waals surface area contributed by atoms with Gasteiger partial charge in [-0.15, -0.1) is 11.3 Å². The first-order valence-corrected chi connectivity index (χ1v) is 9.43. The molecule has 4 rings (SSSR count). The molecule has 1 heteroatoms. The predicted molar refractivity (Wildman–Crippen MR) is 108 cm³/mol. The predicted octanol–water partition coefficient (Wildman–Crippen LogP) is 7.41. The highest BCUT2D eigenvalue weighted by Gasteiger charge is 2.22. The summed E-state index contributed by atoms with van der Waals surface area (Å²) in [7, 11) is 0. The molecule has 0 N–H and O–H groups in total. The van der Waals surface area contributed by atoms with Gasteiger partial charge in [-0.1, -0.05) is 81.4 Å². The summed E-state index contributed by atoms with van der Waals surface area (Å²) in [6, 6.07) is 24.4. The number of benzene rings is 3. The Kier molecular flexibility index (Phi) is 3.69. The van der Waals surface area contributed by atoms with Crippen LogP contribution in [0.4, 0.5) is 0 Å². The van der Waals surface area contributed by atoms with Crippen LogP contribution in [0.2, 0.25) is 0 Å². The molecule has 3 aromatic carbocycles. The fourth-order valence-corrected chi connectivity index (χ4v) is 4.69. The second kappa shape index (κ2) is 5.75. The van der Waals surface area contributed by atoms with Gasteiger partial charge in [-0.3, -0.25) is 0 Å². The summed E-state index contributed by atoms with van der Waals surface area (Å²) in [5.41, 5.74) is 4.36. The van der Waals surface area contributed by atoms with E-state index >= 15 is 0 Å². The molecule has 4 aromatic rings. The van der Waals surface area contributed by atoms with Crippen LogP contribution in [0.1, 0.15) is 32.8 Å². The minimum atomic E-state index is 0.176. The van der Waals surface area contributed by atoms with Gasteiger partial charge in [-0.25, -0.2) is 0 Å². The molecule has 0 saturated heterocycles. The lowest BCUT2D eigenvalue weighted by Crippen LogP contribution is -2.16. The minimum Gasteiger partial charge on any atom is -0.135 e. The minimum absolute atomic E-state index is 0.176. The third kappa shape index (κ3) is 2.35. The summed E-state index contributed by atoms with van der Waals surface area (Å²) < 4.78 is 2.77. The van der Waals surface area contributed by atoms with Crippen LogP contribution >= 0.6 is 11.3 Å². The molecule has 0 fully saturated rings. The Morgan fingerprint density at radius 1 is 0.750 bits per heavy atom. The van der Waals surface area contributed by atoms with Gasteiger partial charge in [0.1, 0.15) is 0 Å². The Bertz CT molecular complexity index is 1020. The van der Waals surface area contributed by atoms with Crippen molar-refractivity contribution in [2.75, 3.05) is 0 Å². The Morgan fingerprint density at radius 3 is 2.25 bits per heavy atom. The number of fused-ring (bicyclic) bond motifs is 3. The highest BCUT2D eigenvalue weighted by molar-refractivity contribution is 7.26. The molecule has 1 aromatic heterocycles. The van der Waals surface area contributed by atoms with Crippen LogP contribution in [0.25, 0.3) is 31.3 Å². The van der Waals surface area contributed by atoms with Gasteiger partial charge < -0.3 is 0 Å². The first-order valence-electron chi connectivity index (χ1n) is 8.62. The maximum absolute atomic E-state index is 2.34. The second-order valence-electron chi connectivity index (χ2n) is 7.06. The van der Waals surface area contributed by atoms with Gasteiger partial charge in [0.2, 0.25) is 0 Å². The van der Waals surface area contributed by atoms with Crippen molar-refractivity contribution in [1.29, 1.82) is 0 Å². The van der Waals surface area contributed by atoms with Crippen LogP contribution in [0.3, 0.4) is 0 Å². The van der Waals surface area contributed by atoms with Crippen LogP contribution in [0.15, 0.2) is 66.7 Å². The molecule has 0 nitrogen and oxygen atoms in total. The quantitative estimate of drug-likeness (QED) is 0.367. The molecular weight excluding hydrogens is 308 g/mol. The largest absolute Gasteiger partial charge is 0.135 e. The van der Waals surface area contributed by atoms with Crippen molar-refractivity contribution < 1.29 is 0 Å². The van der Waals surface area contributed by atoms with E-state index in [1.54, 1.807) is 0 Å². The maximum Gasteiger partial charge on any atom is 0.0433 e. The standard InChI is InChI=1S/C23H22S/c1-4-23(2,3)20-14-7-5-10-16(20)18-12-9-13-19-17-11-6-8-15-21(17)24-22(18)19/h5-15H,4H2,1-3H3. The van der Waals surface area contributed by atoms with Gasteiger partial charge in [0.25, 0.3) is 0 Å². The molecule has 1 heterocycles. The average molecular weight is 330 g/mol. The van der Waals surface area contributed by atoms with E-state index in [0.717, 1.165) is 6.42 Å². The van der Waals surface area contributed by atoms with Crippen LogP contribution in [-0.2, 0) is 5.41 Å². The van der Waals surface area contributed by atoms with E-state index in [1.807, 2.05) is 11.3 Å². The van der Waals surface area contributed by atoms with Crippen LogP contribution in [0.5, 0.6) is 0 Å². The van der Waals surface area contributed by atoms with Crippen molar-refractivity contribution in [1.82, 2.24) is 0 Å². The zero-order chi connectivity index (χ0) is 16.7. The average Bonchev–Trinajstić information content (AvgIpc) is 3.00. The highest BCUT2D eigenvalue weighted by atomic mass is 32.1. The summed E-state index contributed by atoms with van der Waals surface area (Å²) in [4.78, 5) is 0. The molecule has 24 heavy (non-hydrogen) atoms. The van der Waals surface area contributed by atoms with Crippen molar-refractivity contribution in [2.45, 2.75) is 32.6 Å². The van der Waals surface area contributed by atoms with E-state index in [4.69, 9.17) is 0 Å². The summed E-state index contributed by atoms with van der Waals surface area (Å²) in [5, 5.41) is 2.74. The number of hydrogen-bond donors (Lipinski definition) is 0. The summed E-state index contributed by atoms with van der Waals surface area (Å²) in [6.07, 6.45) is 1.13. The van der Waals surface area contributed by atoms with E-state index in [0.29, 0.717) is 0 Å². The van der Waals surface area contributed by atoms with E-state index < -0.39 is 0 Å². The Balaban J connectivity index is 2.05. The summed E-state index contributed by atoms with van der Waals surface area (Å²) in [6.45, 7) is 6.96. The van der Waals surface area contributed by atoms with E-state index in [2.05, 4.69) is 87.5 Å². The number of thiophene rings is 1. The van der Waals surface area contributed by atoms with Crippen molar-refractivity contribution in [3.63, 3.8) is 0 Å². The lowest BCUT2D eigenvalue weighted by Gasteiger charge is -2.26. The summed E-state index contributed by atoms with van der Waals surface area (Å²) >= 11 is 1.91. The van der Waals surface area contributed by atoms with Gasteiger partial charge in [-0.2, -0.15) is 0 Å². The summed E-state index contributed by atoms with van der Waals surface area (Å²) in [5.74, 6) is 0. The monoisotopic (exact) mass is 330 g/mol. The Morgan fingerprint density at radius 2 is 1.42 bits per heavy atom. The van der Waals surface area contributed by atoms with Gasteiger partial charge in [0, 0.05) is 20.2 Å². The van der Waals surface area contributed by atoms with Gasteiger partial charge in [0.15, 0.2) is 0 Å². The second-order valence-corrected chi connectivity index (χ2v) is 8.12. The van der Waals surface area contributed by atoms with Gasteiger partial charge >= 0.3 is 0 Å². The first-order chi connectivity index (χ1) is 11.6. The Hall–Kier alpha value is -2.12. The smallest absolute Gasteiger partial charge is 0.0433 e. The molecular formula is C23H22S. The zero-order valence-corrected chi connectivity index (χ0v) is 15.3. The van der Waals surface area contributed by atoms with Crippen LogP contribution < -0.4 is 0 Å². The molecule has 120 valence electrons. The van der Waals surface area contributed by atoms with Crippen LogP contribution in [0, 0.1) is 0 Å². The lowest BCUT2D eigenvalue weighted by molar-refractivity contribution is 0.508. The molecule has 0 bridgehead atoms. The van der Waals surface area contributed by atoms with Crippen molar-refractivity contribution in [2.24, 2.45) is 0 Å². The maximum atomic E-state index is 2.34. The van der Waals surface area contributed by atoms with Gasteiger partial charge in [0.05, 0.1) is 0 Å². The molecule has 0 amide bonds. The van der Waals surface area contributed by atoms with Crippen molar-refractivity contribution >= 4 is 31.5 Å². The molecule has 0 radical (unpaired) electrons. The van der Waals surface area contributed by atoms with Crippen molar-refractivity contribution in [3.8, 4) is 11.1 Å². The fraction of sp³-hybridized carbons (Fsp3) is 0.217. The number of hydrogen-bond acceptors (Lipinski definition) is 1. The lowest BCUT2D eigenvalue weighted by atomic mass is 9.78. The van der Waals surface area contributed by atoms with E-state index in [1.165, 1.54) is 36.9 Å². The molecule has 0 aliphatic rings. The first kappa shape index (κ1) is 15.4. The normalized spacial score (nSPS) is 12.1. The number of rotatable bonds is 3. The molecule has 0 unspecified atom stereocenters. The molecule has 0 aliphatic carbocycles. The third-order valence-corrected chi connectivity index (χ3v) is 6.45. The molecule has 0 saturated carbocycles. The van der Waals surface area contributed by atoms with Crippen molar-refractivity contribution in [3.05, 3.63) is 72.3 Å². The Labute approximate surface area is 147 Å². The van der Waals surface area contributed by atoms with E-state index in [9.17, 15) is 0 Å². The third-order valence-electron chi connectivity index (χ3n) is 5.23. The zero-order valence-electron chi connectivity index (χ0n) is 14.5. The molecule has 0 spiro atoms. The highest BCUT2D eigenvalue weighted by Crippen LogP contribution is 2.43. The van der Waals surface area contributed by atoms with E-state index in [-0.39, 0.29) is 5.41 Å². The molecule has 0 atom stereocenters. The topological polar surface area (TPSA) is 0 Å². The SMILES string of the molecule is CCC(C)(C)c1ccccc1-c1cccc2c1sc1ccccc12.